The van der Waals surface area contributed by atoms with Gasteiger partial charge in [-0.2, -0.15) is 0 Å². The van der Waals surface area contributed by atoms with Crippen molar-refractivity contribution in [1.82, 2.24) is 14.5 Å². The van der Waals surface area contributed by atoms with Crippen molar-refractivity contribution in [3.8, 4) is 0 Å². The summed E-state index contributed by atoms with van der Waals surface area (Å²) in [6, 6.07) is 13.9. The summed E-state index contributed by atoms with van der Waals surface area (Å²) in [6.07, 6.45) is 3.49. The van der Waals surface area contributed by atoms with Crippen molar-refractivity contribution in [2.45, 2.75) is 13.5 Å². The molecular weight excluding hydrogens is 312 g/mol. The van der Waals surface area contributed by atoms with Crippen LogP contribution in [0.5, 0.6) is 0 Å². The smallest absolute Gasteiger partial charge is 0.249 e. The topological polar surface area (TPSA) is 64.2 Å². The average molecular weight is 334 g/mol. The summed E-state index contributed by atoms with van der Waals surface area (Å²) in [6.45, 7) is 2.37. The summed E-state index contributed by atoms with van der Waals surface area (Å²) in [4.78, 5) is 18.4. The molecule has 3 aromatic rings. The summed E-state index contributed by atoms with van der Waals surface area (Å²) in [7, 11) is 3.84. The van der Waals surface area contributed by atoms with E-state index in [4.69, 9.17) is 5.73 Å². The van der Waals surface area contributed by atoms with Crippen LogP contribution in [0.4, 0.5) is 5.82 Å². The molecule has 0 aliphatic heterocycles. The number of anilines is 1. The summed E-state index contributed by atoms with van der Waals surface area (Å²) < 4.78 is 2.13. The van der Waals surface area contributed by atoms with E-state index in [9.17, 15) is 4.79 Å². The van der Waals surface area contributed by atoms with E-state index in [-0.39, 0.29) is 5.91 Å². The first-order chi connectivity index (χ1) is 12.0. The van der Waals surface area contributed by atoms with Gasteiger partial charge < -0.3 is 15.2 Å². The number of nitrogens with zero attached hydrogens (tertiary/aromatic N) is 3. The summed E-state index contributed by atoms with van der Waals surface area (Å²) in [5, 5.41) is 1.18. The van der Waals surface area contributed by atoms with Crippen LogP contribution in [0.15, 0.2) is 54.2 Å². The molecule has 2 aromatic heterocycles. The quantitative estimate of drug-likeness (QED) is 0.745. The Hall–Kier alpha value is -3.08. The Morgan fingerprint density at radius 2 is 2.04 bits per heavy atom. The van der Waals surface area contributed by atoms with Crippen LogP contribution in [0, 0.1) is 0 Å². The van der Waals surface area contributed by atoms with Crippen molar-refractivity contribution in [3.05, 3.63) is 65.5 Å². The first-order valence-corrected chi connectivity index (χ1v) is 8.14. The van der Waals surface area contributed by atoms with Crippen LogP contribution < -0.4 is 5.73 Å². The van der Waals surface area contributed by atoms with Crippen LogP contribution in [0.25, 0.3) is 17.0 Å². The molecule has 1 amide bonds. The number of benzene rings is 1. The standard InChI is InChI=1S/C20H22N4O/c1-14(10-15-8-9-19(21)22-12-15)20(25)23(2)13-17-11-16-6-4-5-7-18(16)24(17)3/h4-12H,13H2,1-3H3,(H2,21,22). The first-order valence-electron chi connectivity index (χ1n) is 8.14. The van der Waals surface area contributed by atoms with Crippen molar-refractivity contribution in [2.75, 3.05) is 12.8 Å². The van der Waals surface area contributed by atoms with Gasteiger partial charge in [-0.25, -0.2) is 4.98 Å². The second kappa shape index (κ2) is 6.81. The van der Waals surface area contributed by atoms with Gasteiger partial charge in [-0.15, -0.1) is 0 Å². The van der Waals surface area contributed by atoms with Crippen LogP contribution in [0.1, 0.15) is 18.2 Å². The van der Waals surface area contributed by atoms with Gasteiger partial charge in [0, 0.05) is 37.1 Å². The molecule has 3 rings (SSSR count). The van der Waals surface area contributed by atoms with E-state index >= 15 is 0 Å². The Kier molecular flexibility index (Phi) is 4.57. The van der Waals surface area contributed by atoms with Gasteiger partial charge in [-0.3, -0.25) is 4.79 Å². The Morgan fingerprint density at radius 3 is 2.72 bits per heavy atom. The molecule has 5 nitrogen and oxygen atoms in total. The van der Waals surface area contributed by atoms with Crippen LogP contribution in [-0.2, 0) is 18.4 Å². The molecule has 128 valence electrons. The number of hydrogen-bond acceptors (Lipinski definition) is 3. The van der Waals surface area contributed by atoms with Crippen molar-refractivity contribution >= 4 is 28.7 Å². The zero-order chi connectivity index (χ0) is 18.0. The third kappa shape index (κ3) is 3.55. The molecule has 0 spiro atoms. The molecule has 0 saturated heterocycles. The molecule has 2 N–H and O–H groups in total. The lowest BCUT2D eigenvalue weighted by Crippen LogP contribution is -2.27. The monoisotopic (exact) mass is 334 g/mol. The van der Waals surface area contributed by atoms with Gasteiger partial charge in [0.25, 0.3) is 0 Å². The van der Waals surface area contributed by atoms with E-state index in [1.807, 2.05) is 45.3 Å². The Morgan fingerprint density at radius 1 is 1.28 bits per heavy atom. The average Bonchev–Trinajstić information content (AvgIpc) is 2.92. The minimum absolute atomic E-state index is 0.0120. The lowest BCUT2D eigenvalue weighted by molar-refractivity contribution is -0.126. The number of fused-ring (bicyclic) bond motifs is 1. The fraction of sp³-hybridized carbons (Fsp3) is 0.200. The maximum Gasteiger partial charge on any atom is 0.249 e. The Bertz CT molecular complexity index is 938. The van der Waals surface area contributed by atoms with Crippen molar-refractivity contribution < 1.29 is 4.79 Å². The number of aromatic nitrogens is 2. The van der Waals surface area contributed by atoms with E-state index in [1.54, 1.807) is 17.2 Å². The number of nitrogens with two attached hydrogens (primary N) is 1. The van der Waals surface area contributed by atoms with Crippen molar-refractivity contribution in [3.63, 3.8) is 0 Å². The second-order valence-corrected chi connectivity index (χ2v) is 6.26. The van der Waals surface area contributed by atoms with Gasteiger partial charge >= 0.3 is 0 Å². The van der Waals surface area contributed by atoms with Crippen LogP contribution in [0.3, 0.4) is 0 Å². The minimum atomic E-state index is -0.0120. The largest absolute Gasteiger partial charge is 0.384 e. The van der Waals surface area contributed by atoms with E-state index in [0.29, 0.717) is 17.9 Å². The highest BCUT2D eigenvalue weighted by Gasteiger charge is 2.14. The van der Waals surface area contributed by atoms with E-state index < -0.39 is 0 Å². The predicted octanol–water partition coefficient (Wildman–Crippen LogP) is 3.22. The molecule has 2 heterocycles. The fourth-order valence-corrected chi connectivity index (χ4v) is 2.93. The number of carbonyl (C=O) groups is 1. The summed E-state index contributed by atoms with van der Waals surface area (Å²) in [5.74, 6) is 0.455. The number of pyridine rings is 1. The predicted molar refractivity (Wildman–Crippen MR) is 102 cm³/mol. The van der Waals surface area contributed by atoms with Gasteiger partial charge in [0.1, 0.15) is 5.82 Å². The molecule has 1 aromatic carbocycles. The summed E-state index contributed by atoms with van der Waals surface area (Å²) in [5.41, 5.74) is 9.37. The number of rotatable bonds is 4. The van der Waals surface area contributed by atoms with Gasteiger partial charge in [0.15, 0.2) is 0 Å². The van der Waals surface area contributed by atoms with Crippen LogP contribution >= 0.6 is 0 Å². The van der Waals surface area contributed by atoms with Crippen molar-refractivity contribution in [2.24, 2.45) is 7.05 Å². The maximum absolute atomic E-state index is 12.6. The molecule has 0 aliphatic carbocycles. The minimum Gasteiger partial charge on any atom is -0.384 e. The van der Waals surface area contributed by atoms with E-state index in [1.165, 1.54) is 10.9 Å². The van der Waals surface area contributed by atoms with Gasteiger partial charge in [0.05, 0.1) is 6.54 Å². The number of likely N-dealkylation sites (N-methyl/N-ethyl adjacent to an activating group) is 1. The number of nitrogen functional groups attached to an aromatic ring is 1. The molecule has 0 saturated carbocycles. The zero-order valence-electron chi connectivity index (χ0n) is 14.7. The number of para-hydroxylation sites is 1. The normalized spacial score (nSPS) is 11.7. The number of carbonyl (C=O) groups excluding carboxylic acids is 1. The van der Waals surface area contributed by atoms with Gasteiger partial charge in [-0.1, -0.05) is 18.2 Å². The third-order valence-electron chi connectivity index (χ3n) is 4.33. The SMILES string of the molecule is CC(=Cc1ccc(N)nc1)C(=O)N(C)Cc1cc2ccccc2n1C. The third-order valence-corrected chi connectivity index (χ3v) is 4.33. The second-order valence-electron chi connectivity index (χ2n) is 6.26. The fourth-order valence-electron chi connectivity index (χ4n) is 2.93. The number of amides is 1. The van der Waals surface area contributed by atoms with Crippen LogP contribution in [0.2, 0.25) is 0 Å². The van der Waals surface area contributed by atoms with Crippen molar-refractivity contribution in [1.29, 1.82) is 0 Å². The van der Waals surface area contributed by atoms with E-state index in [0.717, 1.165) is 11.3 Å². The summed E-state index contributed by atoms with van der Waals surface area (Å²) >= 11 is 0. The molecule has 0 radical (unpaired) electrons. The zero-order valence-corrected chi connectivity index (χ0v) is 14.7. The molecule has 0 atom stereocenters. The van der Waals surface area contributed by atoms with Crippen LogP contribution in [-0.4, -0.2) is 27.4 Å². The van der Waals surface area contributed by atoms with Gasteiger partial charge in [0.2, 0.25) is 5.91 Å². The molecular formula is C20H22N4O. The maximum atomic E-state index is 12.6. The number of aryl methyl sites for hydroxylation is 1. The molecule has 5 heteroatoms. The highest BCUT2D eigenvalue weighted by Crippen LogP contribution is 2.20. The Labute approximate surface area is 147 Å². The molecule has 0 bridgehead atoms. The highest BCUT2D eigenvalue weighted by atomic mass is 16.2. The first kappa shape index (κ1) is 16.8. The molecule has 0 fully saturated rings. The van der Waals surface area contributed by atoms with Gasteiger partial charge in [-0.05, 0) is 48.2 Å². The highest BCUT2D eigenvalue weighted by molar-refractivity contribution is 5.97. The lowest BCUT2D eigenvalue weighted by Gasteiger charge is -2.18. The Balaban J connectivity index is 1.77. The molecule has 25 heavy (non-hydrogen) atoms. The molecule has 0 aliphatic rings. The molecule has 0 unspecified atom stereocenters. The lowest BCUT2D eigenvalue weighted by atomic mass is 10.1. The van der Waals surface area contributed by atoms with E-state index in [2.05, 4.69) is 27.8 Å². The number of hydrogen-bond donors (Lipinski definition) is 1.